The zero-order valence-corrected chi connectivity index (χ0v) is 12.6. The fourth-order valence-corrected chi connectivity index (χ4v) is 2.59. The third kappa shape index (κ3) is 2.93. The number of carbonyl (C=O) groups excluding carboxylic acids is 2. The van der Waals surface area contributed by atoms with E-state index in [-0.39, 0.29) is 11.6 Å². The zero-order chi connectivity index (χ0) is 16.3. The number of aliphatic imine (C=N–C) groups is 1. The quantitative estimate of drug-likeness (QED) is 0.285. The van der Waals surface area contributed by atoms with E-state index in [1.165, 1.54) is 37.4 Å². The minimum absolute atomic E-state index is 0.0316. The lowest BCUT2D eigenvalue weighted by Gasteiger charge is -2.42. The Labute approximate surface area is 130 Å². The van der Waals surface area contributed by atoms with Gasteiger partial charge in [-0.05, 0) is 24.0 Å². The number of hydrogen-bond donors (Lipinski definition) is 1. The van der Waals surface area contributed by atoms with Crippen molar-refractivity contribution in [2.45, 2.75) is 18.0 Å². The number of rotatable bonds is 5. The van der Waals surface area contributed by atoms with E-state index in [4.69, 9.17) is 4.74 Å². The van der Waals surface area contributed by atoms with Crippen LogP contribution in [0.5, 0.6) is 0 Å². The third-order valence-corrected chi connectivity index (χ3v) is 4.17. The van der Waals surface area contributed by atoms with Crippen LogP contribution < -0.4 is 5.32 Å². The molecule has 1 saturated heterocycles. The Balaban J connectivity index is 2.19. The molecule has 0 saturated carbocycles. The maximum atomic E-state index is 11.8. The van der Waals surface area contributed by atoms with Crippen molar-refractivity contribution in [3.63, 3.8) is 0 Å². The largest absolute Gasteiger partial charge is 0.438 e. The molecule has 2 atom stereocenters. The minimum Gasteiger partial charge on any atom is -0.438 e. The summed E-state index contributed by atoms with van der Waals surface area (Å²) in [6, 6.07) is 5.73. The lowest BCUT2D eigenvalue weighted by Crippen LogP contribution is -2.70. The van der Waals surface area contributed by atoms with Crippen molar-refractivity contribution in [3.05, 3.63) is 39.9 Å². The Morgan fingerprint density at radius 1 is 1.50 bits per heavy atom. The van der Waals surface area contributed by atoms with Gasteiger partial charge < -0.3 is 10.1 Å². The first-order chi connectivity index (χ1) is 10.4. The summed E-state index contributed by atoms with van der Waals surface area (Å²) in [6.07, 6.45) is 2.28. The molecular weight excluding hydrogens is 310 g/mol. The van der Waals surface area contributed by atoms with Gasteiger partial charge in [0.2, 0.25) is 11.1 Å². The van der Waals surface area contributed by atoms with Gasteiger partial charge in [0.15, 0.2) is 0 Å². The molecule has 1 aliphatic heterocycles. The first-order valence-electron chi connectivity index (χ1n) is 6.22. The zero-order valence-electron chi connectivity index (χ0n) is 11.8. The molecule has 22 heavy (non-hydrogen) atoms. The first-order valence-corrected chi connectivity index (χ1v) is 7.44. The van der Waals surface area contributed by atoms with E-state index < -0.39 is 22.0 Å². The number of carbonyl (C=O) groups is 2. The summed E-state index contributed by atoms with van der Waals surface area (Å²) in [4.78, 5) is 35.9. The number of nitro groups is 1. The summed E-state index contributed by atoms with van der Waals surface area (Å²) < 4.78 is 5.01. The number of thioether (sulfide) groups is 1. The lowest BCUT2D eigenvalue weighted by molar-refractivity contribution is -0.384. The molecule has 116 valence electrons. The van der Waals surface area contributed by atoms with Gasteiger partial charge in [-0.3, -0.25) is 24.7 Å². The number of non-ortho nitro benzene ring substituents is 1. The van der Waals surface area contributed by atoms with Crippen LogP contribution in [0.25, 0.3) is 0 Å². The molecule has 1 aliphatic rings. The molecule has 0 aromatic heterocycles. The summed E-state index contributed by atoms with van der Waals surface area (Å²) >= 11 is 1.15. The van der Waals surface area contributed by atoms with Gasteiger partial charge >= 0.3 is 5.97 Å². The Morgan fingerprint density at radius 2 is 2.14 bits per heavy atom. The first kappa shape index (κ1) is 16.0. The molecule has 1 N–H and O–H groups in total. The van der Waals surface area contributed by atoms with Crippen LogP contribution in [-0.4, -0.2) is 40.4 Å². The summed E-state index contributed by atoms with van der Waals surface area (Å²) in [7, 11) is 0. The van der Waals surface area contributed by atoms with Crippen LogP contribution in [0.4, 0.5) is 5.69 Å². The molecule has 0 aliphatic carbocycles. The fraction of sp³-hybridized carbons (Fsp3) is 0.308. The number of nitrogens with one attached hydrogen (secondary N) is 1. The Hall–Kier alpha value is -2.42. The highest BCUT2D eigenvalue weighted by Crippen LogP contribution is 2.36. The number of nitro benzene ring substituents is 1. The molecule has 0 unspecified atom stereocenters. The molecule has 0 bridgehead atoms. The van der Waals surface area contributed by atoms with Crippen LogP contribution in [0.2, 0.25) is 0 Å². The number of ether oxygens (including phenoxy) is 1. The lowest BCUT2D eigenvalue weighted by atomic mass is 10.1. The van der Waals surface area contributed by atoms with E-state index in [1.54, 1.807) is 6.26 Å². The van der Waals surface area contributed by atoms with Gasteiger partial charge in [0.25, 0.3) is 11.6 Å². The van der Waals surface area contributed by atoms with Crippen LogP contribution in [0.15, 0.2) is 29.3 Å². The molecule has 0 spiro atoms. The highest BCUT2D eigenvalue weighted by Gasteiger charge is 2.57. The molecule has 1 aromatic carbocycles. The van der Waals surface area contributed by atoms with E-state index >= 15 is 0 Å². The van der Waals surface area contributed by atoms with Gasteiger partial charge in [-0.2, -0.15) is 0 Å². The predicted molar refractivity (Wildman–Crippen MR) is 80.6 cm³/mol. The van der Waals surface area contributed by atoms with Crippen LogP contribution in [0.1, 0.15) is 12.5 Å². The molecule has 0 radical (unpaired) electrons. The maximum absolute atomic E-state index is 11.8. The second kappa shape index (κ2) is 6.14. The predicted octanol–water partition coefficient (Wildman–Crippen LogP) is 1.09. The molecule has 2 rings (SSSR count). The average Bonchev–Trinajstić information content (AvgIpc) is 2.47. The maximum Gasteiger partial charge on any atom is 0.304 e. The Morgan fingerprint density at radius 3 is 2.59 bits per heavy atom. The summed E-state index contributed by atoms with van der Waals surface area (Å²) in [6.45, 7) is 1.25. The molecule has 1 aromatic rings. The summed E-state index contributed by atoms with van der Waals surface area (Å²) in [5.74, 6) is -0.877. The van der Waals surface area contributed by atoms with Crippen molar-refractivity contribution in [1.29, 1.82) is 0 Å². The van der Waals surface area contributed by atoms with Crippen molar-refractivity contribution in [2.75, 3.05) is 6.26 Å². The van der Waals surface area contributed by atoms with E-state index in [1.807, 2.05) is 0 Å². The van der Waals surface area contributed by atoms with E-state index in [0.717, 1.165) is 11.8 Å². The summed E-state index contributed by atoms with van der Waals surface area (Å²) in [5.41, 5.74) is 0.566. The minimum atomic E-state index is -1.23. The number of esters is 1. The van der Waals surface area contributed by atoms with Gasteiger partial charge in [-0.25, -0.2) is 0 Å². The highest BCUT2D eigenvalue weighted by atomic mass is 32.2. The second-order valence-electron chi connectivity index (χ2n) is 4.47. The number of hydrogen-bond acceptors (Lipinski definition) is 7. The van der Waals surface area contributed by atoms with Crippen molar-refractivity contribution in [2.24, 2.45) is 4.99 Å². The van der Waals surface area contributed by atoms with Gasteiger partial charge in [-0.1, -0.05) is 0 Å². The summed E-state index contributed by atoms with van der Waals surface area (Å²) in [5, 5.41) is 13.1. The standard InChI is InChI=1S/C13H13N3O5S/c1-8(17)21-12-13(22-2,11(18)15-12)14-7-9-3-5-10(6-4-9)16(19)20/h3-7,12H,1-2H3,(H,15,18)/b14-7+/t12-,13-/m0/s1. The van der Waals surface area contributed by atoms with Gasteiger partial charge in [0.05, 0.1) is 4.92 Å². The Bertz CT molecular complexity index is 646. The third-order valence-electron chi connectivity index (χ3n) is 3.05. The van der Waals surface area contributed by atoms with E-state index in [0.29, 0.717) is 5.56 Å². The van der Waals surface area contributed by atoms with Crippen LogP contribution in [0.3, 0.4) is 0 Å². The molecular formula is C13H13N3O5S. The van der Waals surface area contributed by atoms with Crippen LogP contribution in [0, 0.1) is 10.1 Å². The van der Waals surface area contributed by atoms with Gasteiger partial charge in [0, 0.05) is 25.3 Å². The SMILES string of the molecule is CS[C@@]1(/N=C/c2ccc([N+](=O)[O-])cc2)C(=O)N[C@H]1OC(C)=O. The van der Waals surface area contributed by atoms with E-state index in [2.05, 4.69) is 10.3 Å². The number of nitrogens with zero attached hydrogens (tertiary/aromatic N) is 2. The Kier molecular flexibility index (Phi) is 4.45. The van der Waals surface area contributed by atoms with E-state index in [9.17, 15) is 19.7 Å². The monoisotopic (exact) mass is 323 g/mol. The number of amides is 1. The second-order valence-corrected chi connectivity index (χ2v) is 5.50. The van der Waals surface area contributed by atoms with Crippen molar-refractivity contribution >= 4 is 35.5 Å². The van der Waals surface area contributed by atoms with Crippen LogP contribution in [-0.2, 0) is 14.3 Å². The molecule has 1 amide bonds. The van der Waals surface area contributed by atoms with Gasteiger partial charge in [-0.15, -0.1) is 11.8 Å². The van der Waals surface area contributed by atoms with Gasteiger partial charge in [0.1, 0.15) is 0 Å². The normalized spacial score (nSPS) is 23.7. The fourth-order valence-electron chi connectivity index (χ4n) is 1.87. The van der Waals surface area contributed by atoms with Crippen molar-refractivity contribution in [1.82, 2.24) is 5.32 Å². The smallest absolute Gasteiger partial charge is 0.304 e. The van der Waals surface area contributed by atoms with Crippen LogP contribution >= 0.6 is 11.8 Å². The number of β-lactam (4-membered cyclic amide) rings is 1. The molecule has 9 heteroatoms. The molecule has 1 heterocycles. The number of benzene rings is 1. The molecule has 1 fully saturated rings. The molecule has 8 nitrogen and oxygen atoms in total. The average molecular weight is 323 g/mol. The van der Waals surface area contributed by atoms with Crippen molar-refractivity contribution in [3.8, 4) is 0 Å². The highest BCUT2D eigenvalue weighted by molar-refractivity contribution is 8.00. The topological polar surface area (TPSA) is 111 Å². The van der Waals surface area contributed by atoms with Crippen molar-refractivity contribution < 1.29 is 19.2 Å².